The van der Waals surface area contributed by atoms with Gasteiger partial charge in [-0.1, -0.05) is 74.4 Å². The molecule has 0 saturated carbocycles. The van der Waals surface area contributed by atoms with Crippen LogP contribution in [0.4, 0.5) is 4.79 Å². The lowest BCUT2D eigenvalue weighted by Gasteiger charge is -2.25. The molecule has 1 rings (SSSR count). The molecule has 0 aromatic rings. The molecule has 3 N–H and O–H groups in total. The van der Waals surface area contributed by atoms with Crippen molar-refractivity contribution < 1.29 is 33.4 Å². The number of carbonyl (C=O) groups excluding carboxylic acids is 4. The van der Waals surface area contributed by atoms with Crippen LogP contribution < -0.4 is 16.0 Å². The van der Waals surface area contributed by atoms with E-state index < -0.39 is 30.1 Å². The Balaban J connectivity index is 2.64. The topological polar surface area (TPSA) is 132 Å². The van der Waals surface area contributed by atoms with Crippen LogP contribution >= 0.6 is 11.6 Å². The number of allylic oxidation sites excluding steroid dienone is 5. The number of amides is 3. The molecule has 0 aromatic carbocycles. The Bertz CT molecular complexity index is 1120. The predicted octanol–water partition coefficient (Wildman–Crippen LogP) is 4.95. The van der Waals surface area contributed by atoms with E-state index in [1.54, 1.807) is 37.3 Å². The second-order valence-electron chi connectivity index (χ2n) is 10.1. The monoisotopic (exact) mass is 605 g/mol. The number of alkyl carbamates (subject to hydrolysis) is 1. The zero-order valence-corrected chi connectivity index (χ0v) is 26.2. The van der Waals surface area contributed by atoms with Crippen LogP contribution in [0.15, 0.2) is 71.2 Å². The second-order valence-corrected chi connectivity index (χ2v) is 10.7. The molecule has 0 fully saturated rings. The summed E-state index contributed by atoms with van der Waals surface area (Å²) in [5, 5.41) is 8.39. The van der Waals surface area contributed by atoms with E-state index in [1.807, 2.05) is 39.8 Å². The molecule has 10 nitrogen and oxygen atoms in total. The van der Waals surface area contributed by atoms with Gasteiger partial charge in [-0.25, -0.2) is 9.59 Å². The summed E-state index contributed by atoms with van der Waals surface area (Å²) in [7, 11) is 2.91. The fourth-order valence-corrected chi connectivity index (χ4v) is 3.94. The van der Waals surface area contributed by atoms with Gasteiger partial charge in [-0.2, -0.15) is 0 Å². The van der Waals surface area contributed by atoms with Gasteiger partial charge in [0.2, 0.25) is 11.8 Å². The molecule has 1 heterocycles. The first-order valence-electron chi connectivity index (χ1n) is 13.8. The summed E-state index contributed by atoms with van der Waals surface area (Å²) in [5.41, 5.74) is 0.938. The zero-order chi connectivity index (χ0) is 31.7. The van der Waals surface area contributed by atoms with E-state index in [9.17, 15) is 19.2 Å². The summed E-state index contributed by atoms with van der Waals surface area (Å²) in [5.74, 6) is -1.20. The number of nitrogens with one attached hydrogen (secondary N) is 3. The number of rotatable bonds is 15. The molecule has 0 spiro atoms. The lowest BCUT2D eigenvalue weighted by molar-refractivity contribution is -0.151. The van der Waals surface area contributed by atoms with E-state index in [0.717, 1.165) is 5.57 Å². The van der Waals surface area contributed by atoms with Crippen molar-refractivity contribution in [2.24, 2.45) is 11.8 Å². The van der Waals surface area contributed by atoms with Gasteiger partial charge in [0.05, 0.1) is 7.11 Å². The highest BCUT2D eigenvalue weighted by atomic mass is 35.5. The van der Waals surface area contributed by atoms with Gasteiger partial charge in [0.25, 0.3) is 0 Å². The van der Waals surface area contributed by atoms with Crippen LogP contribution in [0.3, 0.4) is 0 Å². The molecule has 0 bridgehead atoms. The highest BCUT2D eigenvalue weighted by molar-refractivity contribution is 6.29. The van der Waals surface area contributed by atoms with Crippen LogP contribution in [0.2, 0.25) is 0 Å². The van der Waals surface area contributed by atoms with Gasteiger partial charge in [0, 0.05) is 43.3 Å². The maximum absolute atomic E-state index is 12.7. The summed E-state index contributed by atoms with van der Waals surface area (Å²) in [4.78, 5) is 48.7. The fraction of sp³-hybridized carbons (Fsp3) is 0.484. The van der Waals surface area contributed by atoms with Gasteiger partial charge in [-0.3, -0.25) is 9.59 Å². The molecule has 4 unspecified atom stereocenters. The number of hydrogen-bond acceptors (Lipinski definition) is 7. The number of carbonyl (C=O) groups is 4. The Labute approximate surface area is 253 Å². The van der Waals surface area contributed by atoms with Crippen molar-refractivity contribution in [1.82, 2.24) is 16.0 Å². The first-order chi connectivity index (χ1) is 19.9. The Hall–Kier alpha value is -3.79. The number of hydrogen-bond donors (Lipinski definition) is 3. The number of ether oxygens (including phenoxy) is 3. The van der Waals surface area contributed by atoms with Crippen molar-refractivity contribution in [3.8, 4) is 0 Å². The third kappa shape index (κ3) is 14.2. The fourth-order valence-electron chi connectivity index (χ4n) is 3.85. The molecule has 1 aliphatic rings. The van der Waals surface area contributed by atoms with Gasteiger partial charge >= 0.3 is 12.1 Å². The molecule has 11 heteroatoms. The van der Waals surface area contributed by atoms with Crippen molar-refractivity contribution in [1.29, 1.82) is 0 Å². The first-order valence-corrected chi connectivity index (χ1v) is 14.2. The van der Waals surface area contributed by atoms with Crippen molar-refractivity contribution in [2.45, 2.75) is 72.1 Å². The average Bonchev–Trinajstić information content (AvgIpc) is 2.94. The van der Waals surface area contributed by atoms with E-state index in [4.69, 9.17) is 25.8 Å². The Morgan fingerprint density at radius 3 is 2.43 bits per heavy atom. The minimum Gasteiger partial charge on any atom is -0.490 e. The van der Waals surface area contributed by atoms with E-state index in [1.165, 1.54) is 26.4 Å². The highest BCUT2D eigenvalue weighted by Gasteiger charge is 2.27. The van der Waals surface area contributed by atoms with Crippen LogP contribution in [0.1, 0.15) is 53.9 Å². The molecule has 0 radical (unpaired) electrons. The van der Waals surface area contributed by atoms with Crippen molar-refractivity contribution in [2.75, 3.05) is 14.2 Å². The van der Waals surface area contributed by atoms with E-state index in [0.29, 0.717) is 24.3 Å². The first kappa shape index (κ1) is 36.2. The third-order valence-electron chi connectivity index (χ3n) is 6.17. The Morgan fingerprint density at radius 2 is 1.83 bits per heavy atom. The van der Waals surface area contributed by atoms with Crippen molar-refractivity contribution in [3.63, 3.8) is 0 Å². The number of cyclic esters (lactones) is 1. The lowest BCUT2D eigenvalue weighted by atomic mass is 9.97. The van der Waals surface area contributed by atoms with E-state index >= 15 is 0 Å². The number of methoxy groups -OCH3 is 1. The molecule has 0 aromatic heterocycles. The molecule has 1 aliphatic heterocycles. The standard InChI is InChI=1S/C31H44ClN3O7/c1-20(2)28(29(37)34-18-10-12-24(15-14-23(5)32)41-31(39)33-6)35-27(36)13-9-8-11-21(3)19-22(4)25-16-17-26(40-7)30(38)42-25/h8-11,13-14,17-20,22,24-25,28H,12,15-16H2,1-7H3,(H,33,39)(H,34,37)(H,35,36)/b11-8-,13-9-,18-10-,21-19+,23-14+. The lowest BCUT2D eigenvalue weighted by Crippen LogP contribution is -2.48. The molecular formula is C31H44ClN3O7. The highest BCUT2D eigenvalue weighted by Crippen LogP contribution is 2.22. The molecule has 4 atom stereocenters. The van der Waals surface area contributed by atoms with E-state index in [-0.39, 0.29) is 29.6 Å². The number of esters is 1. The van der Waals surface area contributed by atoms with Gasteiger partial charge < -0.3 is 30.2 Å². The summed E-state index contributed by atoms with van der Waals surface area (Å²) >= 11 is 5.88. The summed E-state index contributed by atoms with van der Waals surface area (Å²) in [6, 6.07) is -0.760. The quantitative estimate of drug-likeness (QED) is 0.137. The van der Waals surface area contributed by atoms with Crippen molar-refractivity contribution in [3.05, 3.63) is 71.2 Å². The third-order valence-corrected chi connectivity index (χ3v) is 6.33. The predicted molar refractivity (Wildman–Crippen MR) is 163 cm³/mol. The maximum atomic E-state index is 12.7. The minimum absolute atomic E-state index is 0.0131. The maximum Gasteiger partial charge on any atom is 0.407 e. The molecule has 3 amide bonds. The average molecular weight is 606 g/mol. The van der Waals surface area contributed by atoms with Gasteiger partial charge in [-0.05, 0) is 32.0 Å². The molecule has 0 saturated heterocycles. The summed E-state index contributed by atoms with van der Waals surface area (Å²) < 4.78 is 15.7. The second kappa shape index (κ2) is 19.4. The van der Waals surface area contributed by atoms with Crippen LogP contribution in [0, 0.1) is 11.8 Å². The van der Waals surface area contributed by atoms with Gasteiger partial charge in [0.15, 0.2) is 5.76 Å². The van der Waals surface area contributed by atoms with Crippen LogP contribution in [-0.2, 0) is 28.6 Å². The smallest absolute Gasteiger partial charge is 0.407 e. The normalized spacial score (nSPS) is 18.5. The summed E-state index contributed by atoms with van der Waals surface area (Å²) in [6.45, 7) is 9.27. The SMILES string of the molecule is CNC(=O)OC(C/C=C\NC(=O)C(NC(=O)\C=C/C=C\C(C)=C\C(C)C1CC=C(OC)C(=O)O1)C(C)C)C/C=C(\C)Cl. The Kier molecular flexibility index (Phi) is 16.7. The van der Waals surface area contributed by atoms with Gasteiger partial charge in [0.1, 0.15) is 18.2 Å². The van der Waals surface area contributed by atoms with Gasteiger partial charge in [-0.15, -0.1) is 0 Å². The molecule has 42 heavy (non-hydrogen) atoms. The molecule has 232 valence electrons. The van der Waals surface area contributed by atoms with Crippen molar-refractivity contribution >= 4 is 35.5 Å². The van der Waals surface area contributed by atoms with E-state index in [2.05, 4.69) is 16.0 Å². The molecular weight excluding hydrogens is 562 g/mol. The minimum atomic E-state index is -0.760. The summed E-state index contributed by atoms with van der Waals surface area (Å²) in [6.07, 6.45) is 15.2. The Morgan fingerprint density at radius 1 is 1.14 bits per heavy atom. The van der Waals surface area contributed by atoms with Crippen LogP contribution in [0.5, 0.6) is 0 Å². The largest absolute Gasteiger partial charge is 0.490 e. The molecule has 0 aliphatic carbocycles. The zero-order valence-electron chi connectivity index (χ0n) is 25.4. The van der Waals surface area contributed by atoms with Crippen LogP contribution in [-0.4, -0.2) is 56.3 Å². The number of halogens is 1. The van der Waals surface area contributed by atoms with Crippen LogP contribution in [0.25, 0.3) is 0 Å².